The fourth-order valence-corrected chi connectivity index (χ4v) is 2.45. The Balaban J connectivity index is 1.88. The van der Waals surface area contributed by atoms with E-state index in [1.165, 1.54) is 5.56 Å². The van der Waals surface area contributed by atoms with E-state index in [0.717, 1.165) is 45.0 Å². The minimum Gasteiger partial charge on any atom is -0.492 e. The van der Waals surface area contributed by atoms with Crippen LogP contribution in [0.4, 0.5) is 0 Å². The minimum absolute atomic E-state index is 0.392. The molecule has 1 aromatic rings. The second kappa shape index (κ2) is 7.51. The molecule has 0 amide bonds. The molecule has 3 heteroatoms. The molecule has 0 radical (unpaired) electrons. The van der Waals surface area contributed by atoms with Crippen LogP contribution in [-0.4, -0.2) is 32.4 Å². The van der Waals surface area contributed by atoms with E-state index in [2.05, 4.69) is 31.3 Å². The van der Waals surface area contributed by atoms with E-state index >= 15 is 0 Å². The average molecular weight is 263 g/mol. The van der Waals surface area contributed by atoms with E-state index < -0.39 is 0 Å². The molecule has 106 valence electrons. The van der Waals surface area contributed by atoms with Crippen molar-refractivity contribution in [1.29, 1.82) is 0 Å². The van der Waals surface area contributed by atoms with Crippen LogP contribution in [0, 0.1) is 12.8 Å². The molecule has 2 rings (SSSR count). The van der Waals surface area contributed by atoms with Gasteiger partial charge in [-0.1, -0.05) is 19.1 Å². The molecule has 2 atom stereocenters. The highest BCUT2D eigenvalue weighted by atomic mass is 16.5. The van der Waals surface area contributed by atoms with Gasteiger partial charge in [-0.15, -0.1) is 0 Å². The summed E-state index contributed by atoms with van der Waals surface area (Å²) in [5.74, 6) is 1.54. The lowest BCUT2D eigenvalue weighted by molar-refractivity contribution is 0.160. The van der Waals surface area contributed by atoms with Crippen LogP contribution >= 0.6 is 0 Å². The van der Waals surface area contributed by atoms with E-state index in [4.69, 9.17) is 9.47 Å². The Morgan fingerprint density at radius 1 is 1.47 bits per heavy atom. The van der Waals surface area contributed by atoms with E-state index in [9.17, 15) is 0 Å². The van der Waals surface area contributed by atoms with Crippen molar-refractivity contribution >= 4 is 0 Å². The fraction of sp³-hybridized carbons (Fsp3) is 0.625. The van der Waals surface area contributed by atoms with Crippen molar-refractivity contribution in [3.8, 4) is 5.75 Å². The Labute approximate surface area is 116 Å². The molecule has 1 aliphatic heterocycles. The van der Waals surface area contributed by atoms with E-state index in [0.29, 0.717) is 12.0 Å². The molecular formula is C16H25NO2. The topological polar surface area (TPSA) is 30.5 Å². The highest BCUT2D eigenvalue weighted by molar-refractivity contribution is 5.27. The molecule has 3 nitrogen and oxygen atoms in total. The summed E-state index contributed by atoms with van der Waals surface area (Å²) in [6, 6.07) is 8.63. The van der Waals surface area contributed by atoms with Crippen molar-refractivity contribution < 1.29 is 9.47 Å². The number of rotatable bonds is 7. The third-order valence-corrected chi connectivity index (χ3v) is 3.61. The molecule has 0 aliphatic carbocycles. The van der Waals surface area contributed by atoms with Crippen molar-refractivity contribution in [3.05, 3.63) is 29.8 Å². The molecule has 0 aromatic heterocycles. The highest BCUT2D eigenvalue weighted by Gasteiger charge is 2.25. The van der Waals surface area contributed by atoms with E-state index in [-0.39, 0.29) is 0 Å². The lowest BCUT2D eigenvalue weighted by Gasteiger charge is -2.24. The maximum Gasteiger partial charge on any atom is 0.119 e. The first-order valence-corrected chi connectivity index (χ1v) is 7.30. The molecular weight excluding hydrogens is 238 g/mol. The highest BCUT2D eigenvalue weighted by Crippen LogP contribution is 2.19. The zero-order valence-corrected chi connectivity index (χ0v) is 12.0. The SMILES string of the molecule is CCCNC(COc1cccc(C)c1)C1CCOC1. The summed E-state index contributed by atoms with van der Waals surface area (Å²) in [4.78, 5) is 0. The summed E-state index contributed by atoms with van der Waals surface area (Å²) < 4.78 is 11.4. The first-order valence-electron chi connectivity index (χ1n) is 7.30. The van der Waals surface area contributed by atoms with Crippen molar-refractivity contribution in [2.24, 2.45) is 5.92 Å². The second-order valence-electron chi connectivity index (χ2n) is 5.31. The zero-order valence-electron chi connectivity index (χ0n) is 12.0. The molecule has 1 aliphatic rings. The summed E-state index contributed by atoms with van der Waals surface area (Å²) >= 11 is 0. The van der Waals surface area contributed by atoms with Crippen LogP contribution in [0.1, 0.15) is 25.3 Å². The van der Waals surface area contributed by atoms with Gasteiger partial charge in [-0.3, -0.25) is 0 Å². The smallest absolute Gasteiger partial charge is 0.119 e. The summed E-state index contributed by atoms with van der Waals surface area (Å²) in [7, 11) is 0. The number of nitrogens with one attached hydrogen (secondary N) is 1. The van der Waals surface area contributed by atoms with Crippen LogP contribution in [0.3, 0.4) is 0 Å². The van der Waals surface area contributed by atoms with E-state index in [1.54, 1.807) is 0 Å². The first-order chi connectivity index (χ1) is 9.29. The fourth-order valence-electron chi connectivity index (χ4n) is 2.45. The van der Waals surface area contributed by atoms with Gasteiger partial charge in [-0.05, 0) is 44.0 Å². The van der Waals surface area contributed by atoms with Crippen molar-refractivity contribution in [1.82, 2.24) is 5.32 Å². The zero-order chi connectivity index (χ0) is 13.5. The van der Waals surface area contributed by atoms with Crippen molar-refractivity contribution in [2.45, 2.75) is 32.7 Å². The molecule has 0 spiro atoms. The molecule has 1 aromatic carbocycles. The predicted molar refractivity (Wildman–Crippen MR) is 77.7 cm³/mol. The largest absolute Gasteiger partial charge is 0.492 e. The molecule has 1 saturated heterocycles. The maximum absolute atomic E-state index is 5.94. The molecule has 19 heavy (non-hydrogen) atoms. The van der Waals surface area contributed by atoms with Gasteiger partial charge in [0, 0.05) is 18.6 Å². The number of ether oxygens (including phenoxy) is 2. The van der Waals surface area contributed by atoms with Crippen LogP contribution in [-0.2, 0) is 4.74 Å². The van der Waals surface area contributed by atoms with Gasteiger partial charge in [0.05, 0.1) is 6.61 Å². The lowest BCUT2D eigenvalue weighted by atomic mass is 9.99. The third-order valence-electron chi connectivity index (χ3n) is 3.61. The van der Waals surface area contributed by atoms with Crippen LogP contribution < -0.4 is 10.1 Å². The Hall–Kier alpha value is -1.06. The van der Waals surface area contributed by atoms with Gasteiger partial charge in [0.1, 0.15) is 12.4 Å². The normalized spacial score (nSPS) is 20.4. The number of hydrogen-bond acceptors (Lipinski definition) is 3. The summed E-state index contributed by atoms with van der Waals surface area (Å²) in [6.45, 7) is 7.79. The van der Waals surface area contributed by atoms with Crippen LogP contribution in [0.25, 0.3) is 0 Å². The van der Waals surface area contributed by atoms with Gasteiger partial charge in [0.25, 0.3) is 0 Å². The van der Waals surface area contributed by atoms with Crippen LogP contribution in [0.2, 0.25) is 0 Å². The van der Waals surface area contributed by atoms with Gasteiger partial charge in [-0.2, -0.15) is 0 Å². The molecule has 1 fully saturated rings. The van der Waals surface area contributed by atoms with Crippen molar-refractivity contribution in [2.75, 3.05) is 26.4 Å². The van der Waals surface area contributed by atoms with Gasteiger partial charge in [0.2, 0.25) is 0 Å². The van der Waals surface area contributed by atoms with Crippen molar-refractivity contribution in [3.63, 3.8) is 0 Å². The summed E-state index contributed by atoms with van der Waals surface area (Å²) in [5, 5.41) is 3.59. The van der Waals surface area contributed by atoms with Gasteiger partial charge in [0.15, 0.2) is 0 Å². The molecule has 0 saturated carbocycles. The summed E-state index contributed by atoms with van der Waals surface area (Å²) in [6.07, 6.45) is 2.28. The monoisotopic (exact) mass is 263 g/mol. The molecule has 2 unspecified atom stereocenters. The average Bonchev–Trinajstić information content (AvgIpc) is 2.93. The van der Waals surface area contributed by atoms with Gasteiger partial charge in [-0.25, -0.2) is 0 Å². The second-order valence-corrected chi connectivity index (χ2v) is 5.31. The Morgan fingerprint density at radius 2 is 2.37 bits per heavy atom. The number of benzene rings is 1. The Bertz CT molecular complexity index is 375. The molecule has 0 bridgehead atoms. The molecule has 1 N–H and O–H groups in total. The van der Waals surface area contributed by atoms with E-state index in [1.807, 2.05) is 12.1 Å². The number of hydrogen-bond donors (Lipinski definition) is 1. The number of aryl methyl sites for hydroxylation is 1. The molecule has 1 heterocycles. The summed E-state index contributed by atoms with van der Waals surface area (Å²) in [5.41, 5.74) is 1.24. The Morgan fingerprint density at radius 3 is 3.05 bits per heavy atom. The standard InChI is InChI=1S/C16H25NO2/c1-3-8-17-16(14-7-9-18-11-14)12-19-15-6-4-5-13(2)10-15/h4-6,10,14,16-17H,3,7-9,11-12H2,1-2H3. The maximum atomic E-state index is 5.94. The van der Waals surface area contributed by atoms with Crippen LogP contribution in [0.5, 0.6) is 5.75 Å². The van der Waals surface area contributed by atoms with Gasteiger partial charge >= 0.3 is 0 Å². The predicted octanol–water partition coefficient (Wildman–Crippen LogP) is 2.78. The first kappa shape index (κ1) is 14.4. The lowest BCUT2D eigenvalue weighted by Crippen LogP contribution is -2.41. The third kappa shape index (κ3) is 4.51. The quantitative estimate of drug-likeness (QED) is 0.820. The van der Waals surface area contributed by atoms with Crippen LogP contribution in [0.15, 0.2) is 24.3 Å². The minimum atomic E-state index is 0.392. The van der Waals surface area contributed by atoms with Gasteiger partial charge < -0.3 is 14.8 Å². The Kier molecular flexibility index (Phi) is 5.67.